The van der Waals surface area contributed by atoms with Crippen LogP contribution in [0.5, 0.6) is 0 Å². The Morgan fingerprint density at radius 3 is 2.46 bits per heavy atom. The minimum absolute atomic E-state index is 0.0526. The lowest BCUT2D eigenvalue weighted by Crippen LogP contribution is -2.36. The van der Waals surface area contributed by atoms with Crippen LogP contribution < -0.4 is 10.6 Å². The molecule has 1 saturated carbocycles. The standard InChI is InChI=1S/C20H27N3O4S/c1-2-19(24)22-17-4-3-12-23(13-11-17)28(26,27)18-9-7-16(8-10-18)20(25)21-14-15-5-6-15/h2,7-10,15,17H,1,3-6,11-14H2,(H,21,25)(H,22,24). The van der Waals surface area contributed by atoms with Gasteiger partial charge < -0.3 is 10.6 Å². The molecule has 1 aliphatic carbocycles. The smallest absolute Gasteiger partial charge is 0.251 e. The van der Waals surface area contributed by atoms with Crippen molar-refractivity contribution in [2.45, 2.75) is 43.0 Å². The van der Waals surface area contributed by atoms with Gasteiger partial charge in [0, 0.05) is 31.2 Å². The van der Waals surface area contributed by atoms with Crippen LogP contribution in [0.3, 0.4) is 0 Å². The van der Waals surface area contributed by atoms with Crippen molar-refractivity contribution in [2.24, 2.45) is 5.92 Å². The van der Waals surface area contributed by atoms with Gasteiger partial charge in [-0.25, -0.2) is 8.42 Å². The van der Waals surface area contributed by atoms with Gasteiger partial charge in [0.25, 0.3) is 5.91 Å². The molecule has 2 aliphatic rings. The van der Waals surface area contributed by atoms with E-state index in [2.05, 4.69) is 17.2 Å². The number of hydrogen-bond acceptors (Lipinski definition) is 4. The van der Waals surface area contributed by atoms with Crippen LogP contribution in [0.4, 0.5) is 0 Å². The van der Waals surface area contributed by atoms with Gasteiger partial charge in [0.05, 0.1) is 4.90 Å². The lowest BCUT2D eigenvalue weighted by atomic mass is 10.1. The van der Waals surface area contributed by atoms with Crippen molar-refractivity contribution in [3.05, 3.63) is 42.5 Å². The molecule has 0 aromatic heterocycles. The van der Waals surface area contributed by atoms with E-state index in [9.17, 15) is 18.0 Å². The summed E-state index contributed by atoms with van der Waals surface area (Å²) in [6.45, 7) is 4.87. The van der Waals surface area contributed by atoms with E-state index in [4.69, 9.17) is 0 Å². The number of rotatable bonds is 7. The van der Waals surface area contributed by atoms with Crippen LogP contribution in [-0.4, -0.2) is 50.2 Å². The Kier molecular flexibility index (Phi) is 6.51. The zero-order valence-electron chi connectivity index (χ0n) is 15.9. The highest BCUT2D eigenvalue weighted by Crippen LogP contribution is 2.27. The Morgan fingerprint density at radius 2 is 1.82 bits per heavy atom. The summed E-state index contributed by atoms with van der Waals surface area (Å²) in [5, 5.41) is 5.72. The molecule has 0 radical (unpaired) electrons. The van der Waals surface area contributed by atoms with Crippen LogP contribution in [-0.2, 0) is 14.8 Å². The van der Waals surface area contributed by atoms with E-state index in [-0.39, 0.29) is 22.8 Å². The van der Waals surface area contributed by atoms with Crippen molar-refractivity contribution in [2.75, 3.05) is 19.6 Å². The lowest BCUT2D eigenvalue weighted by Gasteiger charge is -2.20. The third kappa shape index (κ3) is 5.20. The molecule has 152 valence electrons. The highest BCUT2D eigenvalue weighted by Gasteiger charge is 2.28. The fourth-order valence-corrected chi connectivity index (χ4v) is 4.80. The molecular formula is C20H27N3O4S. The average Bonchev–Trinajstić information content (AvgIpc) is 3.53. The summed E-state index contributed by atoms with van der Waals surface area (Å²) in [4.78, 5) is 23.8. The number of benzene rings is 1. The van der Waals surface area contributed by atoms with Gasteiger partial charge in [-0.1, -0.05) is 6.58 Å². The monoisotopic (exact) mass is 405 g/mol. The van der Waals surface area contributed by atoms with Gasteiger partial charge in [0.1, 0.15) is 0 Å². The molecular weight excluding hydrogens is 378 g/mol. The minimum atomic E-state index is -3.63. The Balaban J connectivity index is 1.62. The van der Waals surface area contributed by atoms with Crippen molar-refractivity contribution >= 4 is 21.8 Å². The molecule has 0 bridgehead atoms. The highest BCUT2D eigenvalue weighted by molar-refractivity contribution is 7.89. The van der Waals surface area contributed by atoms with Gasteiger partial charge in [0.2, 0.25) is 15.9 Å². The molecule has 1 aromatic carbocycles. The molecule has 2 amide bonds. The van der Waals surface area contributed by atoms with E-state index in [1.54, 1.807) is 12.1 Å². The van der Waals surface area contributed by atoms with E-state index in [0.29, 0.717) is 44.0 Å². The van der Waals surface area contributed by atoms with Crippen LogP contribution in [0.25, 0.3) is 0 Å². The van der Waals surface area contributed by atoms with Crippen LogP contribution in [0.2, 0.25) is 0 Å². The summed E-state index contributed by atoms with van der Waals surface area (Å²) >= 11 is 0. The van der Waals surface area contributed by atoms with Gasteiger partial charge in [-0.05, 0) is 68.4 Å². The Hall–Kier alpha value is -2.19. The number of hydrogen-bond donors (Lipinski definition) is 2. The van der Waals surface area contributed by atoms with Gasteiger partial charge in [-0.3, -0.25) is 9.59 Å². The molecule has 1 atom stereocenters. The quantitative estimate of drug-likeness (QED) is 0.675. The number of carbonyl (C=O) groups excluding carboxylic acids is 2. The number of nitrogens with one attached hydrogen (secondary N) is 2. The fraction of sp³-hybridized carbons (Fsp3) is 0.500. The van der Waals surface area contributed by atoms with E-state index >= 15 is 0 Å². The van der Waals surface area contributed by atoms with Crippen LogP contribution in [0.15, 0.2) is 41.8 Å². The zero-order chi connectivity index (χ0) is 20.1. The molecule has 28 heavy (non-hydrogen) atoms. The lowest BCUT2D eigenvalue weighted by molar-refractivity contribution is -0.117. The predicted molar refractivity (Wildman–Crippen MR) is 106 cm³/mol. The molecule has 7 nitrogen and oxygen atoms in total. The number of nitrogens with zero attached hydrogens (tertiary/aromatic N) is 1. The summed E-state index contributed by atoms with van der Waals surface area (Å²) < 4.78 is 27.4. The molecule has 1 aromatic rings. The second-order valence-corrected chi connectivity index (χ2v) is 9.36. The summed E-state index contributed by atoms with van der Waals surface area (Å²) in [5.74, 6) is 0.176. The Bertz CT molecular complexity index is 832. The van der Waals surface area contributed by atoms with E-state index in [0.717, 1.165) is 19.3 Å². The molecule has 8 heteroatoms. The predicted octanol–water partition coefficient (Wildman–Crippen LogP) is 1.67. The first-order valence-corrected chi connectivity index (χ1v) is 11.2. The number of carbonyl (C=O) groups is 2. The van der Waals surface area contributed by atoms with E-state index < -0.39 is 10.0 Å². The van der Waals surface area contributed by atoms with Crippen LogP contribution in [0.1, 0.15) is 42.5 Å². The number of amides is 2. The first-order valence-electron chi connectivity index (χ1n) is 9.71. The minimum Gasteiger partial charge on any atom is -0.352 e. The molecule has 2 fully saturated rings. The second kappa shape index (κ2) is 8.87. The molecule has 1 aliphatic heterocycles. The average molecular weight is 406 g/mol. The summed E-state index contributed by atoms with van der Waals surface area (Å²) in [7, 11) is -3.63. The van der Waals surface area contributed by atoms with Crippen LogP contribution in [0, 0.1) is 5.92 Å². The van der Waals surface area contributed by atoms with Crippen molar-refractivity contribution in [1.82, 2.24) is 14.9 Å². The molecule has 1 saturated heterocycles. The largest absolute Gasteiger partial charge is 0.352 e. The van der Waals surface area contributed by atoms with E-state index in [1.807, 2.05) is 0 Å². The van der Waals surface area contributed by atoms with Crippen molar-refractivity contribution in [3.63, 3.8) is 0 Å². The van der Waals surface area contributed by atoms with Crippen LogP contribution >= 0.6 is 0 Å². The summed E-state index contributed by atoms with van der Waals surface area (Å²) in [6, 6.07) is 6.04. The highest BCUT2D eigenvalue weighted by atomic mass is 32.2. The Morgan fingerprint density at radius 1 is 1.11 bits per heavy atom. The normalized spacial score (nSPS) is 20.8. The molecule has 2 N–H and O–H groups in total. The first kappa shape index (κ1) is 20.5. The Labute approximate surface area is 166 Å². The zero-order valence-corrected chi connectivity index (χ0v) is 16.7. The van der Waals surface area contributed by atoms with Crippen molar-refractivity contribution in [1.29, 1.82) is 0 Å². The third-order valence-corrected chi connectivity index (χ3v) is 7.13. The van der Waals surface area contributed by atoms with Gasteiger partial charge in [-0.2, -0.15) is 4.31 Å². The molecule has 1 heterocycles. The third-order valence-electron chi connectivity index (χ3n) is 5.22. The van der Waals surface area contributed by atoms with Gasteiger partial charge in [0.15, 0.2) is 0 Å². The van der Waals surface area contributed by atoms with Crippen molar-refractivity contribution < 1.29 is 18.0 Å². The summed E-state index contributed by atoms with van der Waals surface area (Å²) in [6.07, 6.45) is 5.49. The van der Waals surface area contributed by atoms with E-state index in [1.165, 1.54) is 22.5 Å². The van der Waals surface area contributed by atoms with Gasteiger partial charge >= 0.3 is 0 Å². The first-order chi connectivity index (χ1) is 13.4. The topological polar surface area (TPSA) is 95.6 Å². The summed E-state index contributed by atoms with van der Waals surface area (Å²) in [5.41, 5.74) is 0.461. The fourth-order valence-electron chi connectivity index (χ4n) is 3.30. The maximum atomic E-state index is 13.0. The maximum absolute atomic E-state index is 13.0. The number of sulfonamides is 1. The maximum Gasteiger partial charge on any atom is 0.251 e. The SMILES string of the molecule is C=CC(=O)NC1CCCN(S(=O)(=O)c2ccc(C(=O)NCC3CC3)cc2)CC1. The molecule has 0 spiro atoms. The molecule has 1 unspecified atom stereocenters. The van der Waals surface area contributed by atoms with Gasteiger partial charge in [-0.15, -0.1) is 0 Å². The molecule has 3 rings (SSSR count). The van der Waals surface area contributed by atoms with Crippen molar-refractivity contribution in [3.8, 4) is 0 Å². The second-order valence-electron chi connectivity index (χ2n) is 7.42.